The molecule has 1 aromatic heterocycles. The second kappa shape index (κ2) is 8.29. The standard InChI is InChI=1S/C18H21BrFN5/c1-21-18(23-13-14-5-6-15(19)16(20)12-14)25-10-8-24(9-11-25)17-4-2-3-7-22-17/h2-7,12H,8-11,13H2,1H3,(H,21,23). The highest BCUT2D eigenvalue weighted by Crippen LogP contribution is 2.16. The van der Waals surface area contributed by atoms with Crippen molar-refractivity contribution >= 4 is 27.7 Å². The molecular formula is C18H21BrFN5. The number of guanidine groups is 1. The van der Waals surface area contributed by atoms with Crippen molar-refractivity contribution in [1.29, 1.82) is 0 Å². The summed E-state index contributed by atoms with van der Waals surface area (Å²) in [5, 5.41) is 3.32. The van der Waals surface area contributed by atoms with Crippen LogP contribution in [0.2, 0.25) is 0 Å². The van der Waals surface area contributed by atoms with Gasteiger partial charge in [0.05, 0.1) is 4.47 Å². The van der Waals surface area contributed by atoms with E-state index in [1.807, 2.05) is 30.5 Å². The van der Waals surface area contributed by atoms with E-state index in [1.54, 1.807) is 13.1 Å². The van der Waals surface area contributed by atoms with E-state index in [2.05, 4.69) is 41.0 Å². The van der Waals surface area contributed by atoms with E-state index in [0.29, 0.717) is 11.0 Å². The van der Waals surface area contributed by atoms with Gasteiger partial charge < -0.3 is 15.1 Å². The lowest BCUT2D eigenvalue weighted by molar-refractivity contribution is 0.371. The molecule has 0 radical (unpaired) electrons. The summed E-state index contributed by atoms with van der Waals surface area (Å²) in [6.07, 6.45) is 1.82. The summed E-state index contributed by atoms with van der Waals surface area (Å²) in [6, 6.07) is 11.1. The summed E-state index contributed by atoms with van der Waals surface area (Å²) in [5.41, 5.74) is 0.883. The number of aromatic nitrogens is 1. The Hall–Kier alpha value is -2.15. The van der Waals surface area contributed by atoms with Gasteiger partial charge >= 0.3 is 0 Å². The van der Waals surface area contributed by atoms with Crippen molar-refractivity contribution in [2.75, 3.05) is 38.1 Å². The lowest BCUT2D eigenvalue weighted by Crippen LogP contribution is -2.52. The monoisotopic (exact) mass is 405 g/mol. The molecule has 1 aliphatic heterocycles. The van der Waals surface area contributed by atoms with Crippen molar-refractivity contribution in [3.63, 3.8) is 0 Å². The third kappa shape index (κ3) is 4.48. The number of hydrogen-bond donors (Lipinski definition) is 1. The molecule has 0 amide bonds. The molecule has 1 saturated heterocycles. The van der Waals surface area contributed by atoms with Gasteiger partial charge in [0.2, 0.25) is 0 Å². The maximum absolute atomic E-state index is 13.6. The minimum Gasteiger partial charge on any atom is -0.353 e. The van der Waals surface area contributed by atoms with E-state index in [-0.39, 0.29) is 5.82 Å². The molecule has 0 unspecified atom stereocenters. The van der Waals surface area contributed by atoms with Crippen LogP contribution in [0.1, 0.15) is 5.56 Å². The highest BCUT2D eigenvalue weighted by Gasteiger charge is 2.20. The van der Waals surface area contributed by atoms with Gasteiger partial charge in [0.15, 0.2) is 5.96 Å². The number of hydrogen-bond acceptors (Lipinski definition) is 3. The van der Waals surface area contributed by atoms with Crippen LogP contribution in [0.25, 0.3) is 0 Å². The smallest absolute Gasteiger partial charge is 0.194 e. The predicted octanol–water partition coefficient (Wildman–Crippen LogP) is 2.88. The number of rotatable bonds is 3. The van der Waals surface area contributed by atoms with Crippen molar-refractivity contribution < 1.29 is 4.39 Å². The molecule has 0 spiro atoms. The minimum atomic E-state index is -0.252. The van der Waals surface area contributed by atoms with Gasteiger partial charge in [-0.3, -0.25) is 4.99 Å². The Labute approximate surface area is 155 Å². The highest BCUT2D eigenvalue weighted by molar-refractivity contribution is 9.10. The highest BCUT2D eigenvalue weighted by atomic mass is 79.9. The second-order valence-corrected chi connectivity index (χ2v) is 6.67. The van der Waals surface area contributed by atoms with Gasteiger partial charge in [-0.15, -0.1) is 0 Å². The van der Waals surface area contributed by atoms with Gasteiger partial charge in [-0.25, -0.2) is 9.37 Å². The number of nitrogens with one attached hydrogen (secondary N) is 1. The fourth-order valence-electron chi connectivity index (χ4n) is 2.85. The second-order valence-electron chi connectivity index (χ2n) is 5.81. The van der Waals surface area contributed by atoms with Crippen LogP contribution in [-0.2, 0) is 6.54 Å². The zero-order valence-electron chi connectivity index (χ0n) is 14.1. The molecule has 3 rings (SSSR count). The molecule has 25 heavy (non-hydrogen) atoms. The van der Waals surface area contributed by atoms with Gasteiger partial charge in [-0.05, 0) is 45.8 Å². The lowest BCUT2D eigenvalue weighted by atomic mass is 10.2. The summed E-state index contributed by atoms with van der Waals surface area (Å²) >= 11 is 3.17. The summed E-state index contributed by atoms with van der Waals surface area (Å²) in [5.74, 6) is 1.60. The first-order chi connectivity index (χ1) is 12.2. The maximum atomic E-state index is 13.6. The molecule has 0 atom stereocenters. The van der Waals surface area contributed by atoms with E-state index in [9.17, 15) is 4.39 Å². The SMILES string of the molecule is CN=C(NCc1ccc(Br)c(F)c1)N1CCN(c2ccccn2)CC1. The van der Waals surface area contributed by atoms with Crippen LogP contribution in [-0.4, -0.2) is 49.1 Å². The maximum Gasteiger partial charge on any atom is 0.194 e. The van der Waals surface area contributed by atoms with Crippen LogP contribution < -0.4 is 10.2 Å². The van der Waals surface area contributed by atoms with Crippen molar-refractivity contribution in [2.24, 2.45) is 4.99 Å². The largest absolute Gasteiger partial charge is 0.353 e. The zero-order chi connectivity index (χ0) is 17.6. The first-order valence-electron chi connectivity index (χ1n) is 8.23. The summed E-state index contributed by atoms with van der Waals surface area (Å²) < 4.78 is 14.1. The van der Waals surface area contributed by atoms with Crippen molar-refractivity contribution in [1.82, 2.24) is 15.2 Å². The Kier molecular flexibility index (Phi) is 5.86. The average molecular weight is 406 g/mol. The van der Waals surface area contributed by atoms with Crippen LogP contribution in [0, 0.1) is 5.82 Å². The third-order valence-electron chi connectivity index (χ3n) is 4.20. The topological polar surface area (TPSA) is 43.8 Å². The van der Waals surface area contributed by atoms with Gasteiger partial charge in [-0.1, -0.05) is 12.1 Å². The minimum absolute atomic E-state index is 0.252. The number of piperazine rings is 1. The molecule has 1 fully saturated rings. The van der Waals surface area contributed by atoms with Gasteiger partial charge in [0, 0.05) is 46.0 Å². The Balaban J connectivity index is 1.55. The Morgan fingerprint density at radius 3 is 2.68 bits per heavy atom. The summed E-state index contributed by atoms with van der Waals surface area (Å²) in [4.78, 5) is 13.3. The van der Waals surface area contributed by atoms with Gasteiger partial charge in [0.1, 0.15) is 11.6 Å². The average Bonchev–Trinajstić information content (AvgIpc) is 2.66. The molecule has 0 aliphatic carbocycles. The van der Waals surface area contributed by atoms with Crippen molar-refractivity contribution in [2.45, 2.75) is 6.54 Å². The predicted molar refractivity (Wildman–Crippen MR) is 102 cm³/mol. The van der Waals surface area contributed by atoms with E-state index in [4.69, 9.17) is 0 Å². The Morgan fingerprint density at radius 1 is 1.24 bits per heavy atom. The molecule has 1 aliphatic rings. The number of nitrogens with zero attached hydrogens (tertiary/aromatic N) is 4. The molecule has 2 aromatic rings. The van der Waals surface area contributed by atoms with Crippen LogP contribution >= 0.6 is 15.9 Å². The van der Waals surface area contributed by atoms with Crippen LogP contribution in [0.4, 0.5) is 10.2 Å². The molecular weight excluding hydrogens is 385 g/mol. The van der Waals surface area contributed by atoms with Crippen LogP contribution in [0.5, 0.6) is 0 Å². The van der Waals surface area contributed by atoms with Crippen molar-refractivity contribution in [3.05, 3.63) is 58.4 Å². The van der Waals surface area contributed by atoms with Gasteiger partial charge in [0.25, 0.3) is 0 Å². The molecule has 1 N–H and O–H groups in total. The van der Waals surface area contributed by atoms with Crippen LogP contribution in [0.15, 0.2) is 52.1 Å². The molecule has 2 heterocycles. The zero-order valence-corrected chi connectivity index (χ0v) is 15.7. The molecule has 1 aromatic carbocycles. The summed E-state index contributed by atoms with van der Waals surface area (Å²) in [6.45, 7) is 4.06. The van der Waals surface area contributed by atoms with Crippen LogP contribution in [0.3, 0.4) is 0 Å². The molecule has 132 valence electrons. The number of pyridine rings is 1. The molecule has 0 saturated carbocycles. The first kappa shape index (κ1) is 17.7. The quantitative estimate of drug-likeness (QED) is 0.629. The summed E-state index contributed by atoms with van der Waals surface area (Å²) in [7, 11) is 1.77. The van der Waals surface area contributed by atoms with Crippen molar-refractivity contribution in [3.8, 4) is 0 Å². The fraction of sp³-hybridized carbons (Fsp3) is 0.333. The fourth-order valence-corrected chi connectivity index (χ4v) is 3.10. The number of aliphatic imine (C=N–C) groups is 1. The Morgan fingerprint density at radius 2 is 2.04 bits per heavy atom. The van der Waals surface area contributed by atoms with E-state index < -0.39 is 0 Å². The lowest BCUT2D eigenvalue weighted by Gasteiger charge is -2.37. The normalized spacial score (nSPS) is 15.4. The number of halogens is 2. The third-order valence-corrected chi connectivity index (χ3v) is 4.84. The van der Waals surface area contributed by atoms with Gasteiger partial charge in [-0.2, -0.15) is 0 Å². The Bertz CT molecular complexity index is 730. The molecule has 0 bridgehead atoms. The van der Waals surface area contributed by atoms with E-state index in [1.165, 1.54) is 6.07 Å². The first-order valence-corrected chi connectivity index (χ1v) is 9.02. The molecule has 7 heteroatoms. The van der Waals surface area contributed by atoms with E-state index >= 15 is 0 Å². The number of anilines is 1. The van der Waals surface area contributed by atoms with E-state index in [0.717, 1.165) is 43.5 Å². The molecule has 5 nitrogen and oxygen atoms in total. The number of benzene rings is 1.